The predicted octanol–water partition coefficient (Wildman–Crippen LogP) is 3.99. The minimum atomic E-state index is -0.540. The summed E-state index contributed by atoms with van der Waals surface area (Å²) in [5, 5.41) is 10.6. The van der Waals surface area contributed by atoms with Crippen LogP contribution < -0.4 is 0 Å². The standard InChI is InChI=1S/C11H5ClFN3O2S/c12-5-3-7-8(4-6(5)13)15-11(14-7)9-1-2-10(19-9)16(17)18/h1-4H,(H,14,15). The molecule has 3 rings (SSSR count). The van der Waals surface area contributed by atoms with Crippen molar-refractivity contribution in [2.24, 2.45) is 0 Å². The Morgan fingerprint density at radius 3 is 2.89 bits per heavy atom. The lowest BCUT2D eigenvalue weighted by atomic mass is 10.3. The van der Waals surface area contributed by atoms with Gasteiger partial charge in [0.05, 0.1) is 25.9 Å². The number of hydrogen-bond donors (Lipinski definition) is 1. The molecule has 0 fully saturated rings. The first-order chi connectivity index (χ1) is 9.04. The highest BCUT2D eigenvalue weighted by atomic mass is 35.5. The summed E-state index contributed by atoms with van der Waals surface area (Å²) < 4.78 is 13.3. The van der Waals surface area contributed by atoms with Crippen molar-refractivity contribution in [3.63, 3.8) is 0 Å². The molecule has 0 atom stereocenters. The van der Waals surface area contributed by atoms with Gasteiger partial charge in [-0.25, -0.2) is 9.37 Å². The summed E-state index contributed by atoms with van der Waals surface area (Å²) in [4.78, 5) is 17.9. The normalized spacial score (nSPS) is 11.1. The summed E-state index contributed by atoms with van der Waals surface area (Å²) in [5.41, 5.74) is 1.01. The molecular formula is C11H5ClFN3O2S. The van der Waals surface area contributed by atoms with E-state index in [4.69, 9.17) is 11.6 Å². The van der Waals surface area contributed by atoms with Crippen molar-refractivity contribution in [3.05, 3.63) is 45.2 Å². The van der Waals surface area contributed by atoms with Crippen LogP contribution in [0.1, 0.15) is 0 Å². The van der Waals surface area contributed by atoms with Gasteiger partial charge in [-0.3, -0.25) is 10.1 Å². The smallest absolute Gasteiger partial charge is 0.324 e. The fourth-order valence-corrected chi connectivity index (χ4v) is 2.60. The molecule has 0 aliphatic carbocycles. The van der Waals surface area contributed by atoms with Gasteiger partial charge < -0.3 is 4.98 Å². The highest BCUT2D eigenvalue weighted by Crippen LogP contribution is 2.32. The van der Waals surface area contributed by atoms with Crippen molar-refractivity contribution < 1.29 is 9.31 Å². The Kier molecular flexibility index (Phi) is 2.72. The van der Waals surface area contributed by atoms with E-state index in [1.54, 1.807) is 6.07 Å². The number of thiophene rings is 1. The molecule has 5 nitrogen and oxygen atoms in total. The summed E-state index contributed by atoms with van der Waals surface area (Å²) in [6, 6.07) is 5.66. The molecular weight excluding hydrogens is 293 g/mol. The van der Waals surface area contributed by atoms with Crippen LogP contribution >= 0.6 is 22.9 Å². The van der Waals surface area contributed by atoms with Crippen LogP contribution in [0.4, 0.5) is 9.39 Å². The Hall–Kier alpha value is -1.99. The molecule has 0 amide bonds. The molecule has 3 aromatic rings. The number of nitro groups is 1. The van der Waals surface area contributed by atoms with Gasteiger partial charge in [-0.1, -0.05) is 22.9 Å². The maximum Gasteiger partial charge on any atom is 0.324 e. The van der Waals surface area contributed by atoms with E-state index in [1.165, 1.54) is 18.2 Å². The Balaban J connectivity index is 2.12. The zero-order chi connectivity index (χ0) is 13.6. The second-order valence-electron chi connectivity index (χ2n) is 3.76. The van der Waals surface area contributed by atoms with E-state index < -0.39 is 10.7 Å². The summed E-state index contributed by atoms with van der Waals surface area (Å²) in [6.07, 6.45) is 0. The molecule has 0 aliphatic rings. The summed E-state index contributed by atoms with van der Waals surface area (Å²) in [5.74, 6) is -0.0868. The predicted molar refractivity (Wildman–Crippen MR) is 71.0 cm³/mol. The van der Waals surface area contributed by atoms with Gasteiger partial charge in [-0.05, 0) is 12.1 Å². The van der Waals surface area contributed by atoms with Gasteiger partial charge >= 0.3 is 5.00 Å². The molecule has 0 aliphatic heterocycles. The number of fused-ring (bicyclic) bond motifs is 1. The van der Waals surface area contributed by atoms with Crippen LogP contribution in [0, 0.1) is 15.9 Å². The number of aromatic amines is 1. The molecule has 2 heterocycles. The lowest BCUT2D eigenvalue weighted by Crippen LogP contribution is -1.80. The third-order valence-electron chi connectivity index (χ3n) is 2.53. The number of imidazole rings is 1. The molecule has 0 spiro atoms. The monoisotopic (exact) mass is 297 g/mol. The summed E-state index contributed by atoms with van der Waals surface area (Å²) >= 11 is 6.67. The second kappa shape index (κ2) is 4.29. The highest BCUT2D eigenvalue weighted by Gasteiger charge is 2.14. The van der Waals surface area contributed by atoms with E-state index in [1.807, 2.05) is 0 Å². The average Bonchev–Trinajstić information content (AvgIpc) is 2.95. The van der Waals surface area contributed by atoms with Crippen LogP contribution in [0.2, 0.25) is 5.02 Å². The molecule has 0 bridgehead atoms. The molecule has 2 aromatic heterocycles. The third-order valence-corrected chi connectivity index (χ3v) is 3.86. The van der Waals surface area contributed by atoms with Crippen LogP contribution in [-0.2, 0) is 0 Å². The molecule has 1 N–H and O–H groups in total. The Bertz CT molecular complexity index is 759. The Morgan fingerprint density at radius 1 is 1.42 bits per heavy atom. The van der Waals surface area contributed by atoms with Gasteiger partial charge in [-0.15, -0.1) is 0 Å². The first kappa shape index (κ1) is 12.1. The van der Waals surface area contributed by atoms with Gasteiger partial charge in [0.2, 0.25) is 0 Å². The highest BCUT2D eigenvalue weighted by molar-refractivity contribution is 7.18. The van der Waals surface area contributed by atoms with Gasteiger partial charge in [0, 0.05) is 12.1 Å². The fourth-order valence-electron chi connectivity index (χ4n) is 1.67. The largest absolute Gasteiger partial charge is 0.337 e. The Morgan fingerprint density at radius 2 is 2.21 bits per heavy atom. The van der Waals surface area contributed by atoms with Gasteiger partial charge in [-0.2, -0.15) is 0 Å². The molecule has 0 saturated carbocycles. The van der Waals surface area contributed by atoms with E-state index in [9.17, 15) is 14.5 Å². The maximum atomic E-state index is 13.3. The maximum absolute atomic E-state index is 13.3. The van der Waals surface area contributed by atoms with Crippen molar-refractivity contribution in [1.29, 1.82) is 0 Å². The Labute approximate surface area is 114 Å². The van der Waals surface area contributed by atoms with Gasteiger partial charge in [0.1, 0.15) is 11.6 Å². The van der Waals surface area contributed by atoms with Crippen LogP contribution in [-0.4, -0.2) is 14.9 Å². The van der Waals surface area contributed by atoms with E-state index in [0.717, 1.165) is 11.3 Å². The van der Waals surface area contributed by atoms with Gasteiger partial charge in [0.15, 0.2) is 0 Å². The molecule has 0 radical (unpaired) electrons. The SMILES string of the molecule is O=[N+]([O-])c1ccc(-c2nc3cc(Cl)c(F)cc3[nH]2)s1. The van der Waals surface area contributed by atoms with Crippen LogP contribution in [0.25, 0.3) is 21.7 Å². The number of rotatable bonds is 2. The number of benzene rings is 1. The number of H-pyrrole nitrogens is 1. The second-order valence-corrected chi connectivity index (χ2v) is 5.23. The van der Waals surface area contributed by atoms with Crippen LogP contribution in [0.15, 0.2) is 24.3 Å². The van der Waals surface area contributed by atoms with Crippen molar-refractivity contribution in [1.82, 2.24) is 9.97 Å². The lowest BCUT2D eigenvalue weighted by molar-refractivity contribution is -0.380. The molecule has 8 heteroatoms. The zero-order valence-electron chi connectivity index (χ0n) is 9.18. The van der Waals surface area contributed by atoms with E-state index in [0.29, 0.717) is 21.7 Å². The van der Waals surface area contributed by atoms with Gasteiger partial charge in [0.25, 0.3) is 0 Å². The van der Waals surface area contributed by atoms with Crippen molar-refractivity contribution >= 4 is 39.0 Å². The number of nitrogens with zero attached hydrogens (tertiary/aromatic N) is 2. The first-order valence-electron chi connectivity index (χ1n) is 5.14. The minimum Gasteiger partial charge on any atom is -0.337 e. The van der Waals surface area contributed by atoms with E-state index in [-0.39, 0.29) is 10.0 Å². The number of nitrogens with one attached hydrogen (secondary N) is 1. The van der Waals surface area contributed by atoms with Crippen LogP contribution in [0.3, 0.4) is 0 Å². The number of aromatic nitrogens is 2. The zero-order valence-corrected chi connectivity index (χ0v) is 10.8. The lowest BCUT2D eigenvalue weighted by Gasteiger charge is -1.91. The van der Waals surface area contributed by atoms with E-state index >= 15 is 0 Å². The molecule has 1 aromatic carbocycles. The summed E-state index contributed by atoms with van der Waals surface area (Å²) in [7, 11) is 0. The minimum absolute atomic E-state index is 0.0114. The topological polar surface area (TPSA) is 71.8 Å². The molecule has 19 heavy (non-hydrogen) atoms. The first-order valence-corrected chi connectivity index (χ1v) is 6.33. The van der Waals surface area contributed by atoms with Crippen molar-refractivity contribution in [2.45, 2.75) is 0 Å². The van der Waals surface area contributed by atoms with Crippen molar-refractivity contribution in [3.8, 4) is 10.7 Å². The quantitative estimate of drug-likeness (QED) is 0.574. The van der Waals surface area contributed by atoms with E-state index in [2.05, 4.69) is 9.97 Å². The molecule has 0 unspecified atom stereocenters. The molecule has 0 saturated heterocycles. The van der Waals surface area contributed by atoms with Crippen LogP contribution in [0.5, 0.6) is 0 Å². The fraction of sp³-hybridized carbons (Fsp3) is 0. The number of hydrogen-bond acceptors (Lipinski definition) is 4. The number of halogens is 2. The van der Waals surface area contributed by atoms with Crippen molar-refractivity contribution in [2.75, 3.05) is 0 Å². The average molecular weight is 298 g/mol. The summed E-state index contributed by atoms with van der Waals surface area (Å²) in [6.45, 7) is 0. The molecule has 96 valence electrons. The third kappa shape index (κ3) is 2.06.